The quantitative estimate of drug-likeness (QED) is 0.476. The molecule has 1 aromatic heterocycles. The maximum atomic E-state index is 14.1. The number of hydrogen-bond donors (Lipinski definition) is 2. The van der Waals surface area contributed by atoms with Crippen LogP contribution in [0.1, 0.15) is 51.7 Å². The minimum absolute atomic E-state index is 0.171. The molecule has 2 N–H and O–H groups in total. The predicted octanol–water partition coefficient (Wildman–Crippen LogP) is 4.05. The lowest BCUT2D eigenvalue weighted by Gasteiger charge is -2.38. The maximum Gasteiger partial charge on any atom is 0.257 e. The Morgan fingerprint density at radius 2 is 1.92 bits per heavy atom. The van der Waals surface area contributed by atoms with Crippen molar-refractivity contribution >= 4 is 17.5 Å². The zero-order chi connectivity index (χ0) is 26.9. The van der Waals surface area contributed by atoms with E-state index in [0.29, 0.717) is 22.7 Å². The second-order valence-corrected chi connectivity index (χ2v) is 10.9. The molecule has 38 heavy (non-hydrogen) atoms. The van der Waals surface area contributed by atoms with Gasteiger partial charge in [-0.1, -0.05) is 41.9 Å². The van der Waals surface area contributed by atoms with E-state index in [0.717, 1.165) is 55.0 Å². The third kappa shape index (κ3) is 4.97. The van der Waals surface area contributed by atoms with Crippen LogP contribution >= 0.6 is 11.6 Å². The summed E-state index contributed by atoms with van der Waals surface area (Å²) >= 11 is 6.21. The first kappa shape index (κ1) is 26.8. The van der Waals surface area contributed by atoms with E-state index < -0.39 is 11.3 Å². The van der Waals surface area contributed by atoms with Crippen LogP contribution in [0.2, 0.25) is 5.02 Å². The summed E-state index contributed by atoms with van der Waals surface area (Å²) in [5, 5.41) is 15.6. The van der Waals surface area contributed by atoms with E-state index in [4.69, 9.17) is 16.3 Å². The van der Waals surface area contributed by atoms with Gasteiger partial charge in [-0.2, -0.15) is 0 Å². The number of carbonyl (C=O) groups excluding carboxylic acids is 1. The summed E-state index contributed by atoms with van der Waals surface area (Å²) in [6.07, 6.45) is 2.84. The summed E-state index contributed by atoms with van der Waals surface area (Å²) in [6.45, 7) is 8.25. The number of aromatic nitrogens is 1. The van der Waals surface area contributed by atoms with Crippen LogP contribution in [0.25, 0.3) is 0 Å². The van der Waals surface area contributed by atoms with Gasteiger partial charge in [-0.25, -0.2) is 0 Å². The Balaban J connectivity index is 1.56. The topological polar surface area (TPSA) is 77.9 Å². The van der Waals surface area contributed by atoms with Gasteiger partial charge in [0.2, 0.25) is 0 Å². The molecule has 0 spiro atoms. The fourth-order valence-electron chi connectivity index (χ4n) is 5.63. The Hall–Kier alpha value is -2.81. The van der Waals surface area contributed by atoms with E-state index in [1.807, 2.05) is 56.3 Å². The third-order valence-electron chi connectivity index (χ3n) is 7.65. The molecular formula is C30H35ClN4O3. The highest BCUT2D eigenvalue weighted by atomic mass is 35.5. The fraction of sp³-hybridized carbons (Fsp3) is 0.400. The highest BCUT2D eigenvalue weighted by Crippen LogP contribution is 2.46. The summed E-state index contributed by atoms with van der Waals surface area (Å²) in [4.78, 5) is 22.6. The molecule has 8 heteroatoms. The molecule has 1 unspecified atom stereocenters. The molecule has 5 rings (SSSR count). The molecule has 0 saturated carbocycles. The number of aryl methyl sites for hydroxylation is 1. The minimum Gasteiger partial charge on any atom is -0.384 e. The van der Waals surface area contributed by atoms with Crippen molar-refractivity contribution in [3.63, 3.8) is 0 Å². The first-order valence-corrected chi connectivity index (χ1v) is 13.5. The van der Waals surface area contributed by atoms with Crippen LogP contribution in [0.5, 0.6) is 0 Å². The number of carbonyl (C=O) groups is 1. The fourth-order valence-corrected chi connectivity index (χ4v) is 5.76. The van der Waals surface area contributed by atoms with Gasteiger partial charge in [-0.05, 0) is 68.8 Å². The second-order valence-electron chi connectivity index (χ2n) is 10.5. The van der Waals surface area contributed by atoms with Crippen LogP contribution in [0.3, 0.4) is 0 Å². The molecule has 1 saturated heterocycles. The lowest BCUT2D eigenvalue weighted by molar-refractivity contribution is -0.0868. The summed E-state index contributed by atoms with van der Waals surface area (Å²) in [6, 6.07) is 17.0. The summed E-state index contributed by atoms with van der Waals surface area (Å²) in [5.74, 6) is -0.171. The molecule has 2 aliphatic rings. The molecule has 0 aliphatic carbocycles. The van der Waals surface area contributed by atoms with Crippen molar-refractivity contribution in [1.29, 1.82) is 0 Å². The van der Waals surface area contributed by atoms with Crippen LogP contribution in [0.15, 0.2) is 60.8 Å². The summed E-state index contributed by atoms with van der Waals surface area (Å²) in [5.41, 5.74) is 2.27. The Kier molecular flexibility index (Phi) is 7.58. The molecule has 1 fully saturated rings. The molecule has 7 nitrogen and oxygen atoms in total. The Labute approximate surface area is 229 Å². The number of nitrogens with zero attached hydrogens (tertiary/aromatic N) is 3. The van der Waals surface area contributed by atoms with E-state index in [-0.39, 0.29) is 12.5 Å². The van der Waals surface area contributed by atoms with Crippen LogP contribution in [-0.2, 0) is 22.6 Å². The molecule has 2 aromatic carbocycles. The van der Waals surface area contributed by atoms with Crippen molar-refractivity contribution < 1.29 is 14.6 Å². The lowest BCUT2D eigenvalue weighted by Crippen LogP contribution is -2.45. The number of nitrogens with one attached hydrogen (secondary N) is 1. The van der Waals surface area contributed by atoms with E-state index in [1.54, 1.807) is 30.3 Å². The molecule has 200 valence electrons. The molecule has 2 atom stereocenters. The number of benzene rings is 2. The van der Waals surface area contributed by atoms with Crippen molar-refractivity contribution in [2.75, 3.05) is 39.8 Å². The number of pyridine rings is 1. The van der Waals surface area contributed by atoms with E-state index in [9.17, 15) is 9.90 Å². The monoisotopic (exact) mass is 534 g/mol. The van der Waals surface area contributed by atoms with Crippen molar-refractivity contribution in [2.24, 2.45) is 0 Å². The Morgan fingerprint density at radius 1 is 1.13 bits per heavy atom. The highest BCUT2D eigenvalue weighted by Gasteiger charge is 2.52. The highest BCUT2D eigenvalue weighted by molar-refractivity contribution is 6.30. The van der Waals surface area contributed by atoms with Crippen molar-refractivity contribution in [3.05, 3.63) is 99.3 Å². The van der Waals surface area contributed by atoms with Crippen molar-refractivity contribution in [2.45, 2.75) is 38.1 Å². The number of β-amino-alcohol motifs (C(OH)–C–C–N with tert-alkyl or cyclic N) is 1. The molecular weight excluding hydrogens is 500 g/mol. The number of ether oxygens (including phenoxy) is 1. The van der Waals surface area contributed by atoms with Crippen LogP contribution in [0, 0.1) is 6.92 Å². The minimum atomic E-state index is -1.16. The largest absolute Gasteiger partial charge is 0.384 e. The Morgan fingerprint density at radius 3 is 2.63 bits per heavy atom. The van der Waals surface area contributed by atoms with E-state index in [1.165, 1.54) is 0 Å². The number of hydrogen-bond acceptors (Lipinski definition) is 6. The lowest BCUT2D eigenvalue weighted by atomic mass is 9.88. The summed E-state index contributed by atoms with van der Waals surface area (Å²) < 4.78 is 6.25. The van der Waals surface area contributed by atoms with Gasteiger partial charge in [-0.3, -0.25) is 19.6 Å². The number of methoxy groups -OCH3 is 1. The van der Waals surface area contributed by atoms with Crippen LogP contribution in [0.4, 0.5) is 0 Å². The zero-order valence-electron chi connectivity index (χ0n) is 22.2. The van der Waals surface area contributed by atoms with E-state index >= 15 is 0 Å². The van der Waals surface area contributed by atoms with Gasteiger partial charge in [0.1, 0.15) is 0 Å². The molecule has 3 heterocycles. The normalized spacial score (nSPS) is 21.7. The molecule has 0 radical (unpaired) electrons. The molecule has 2 aliphatic heterocycles. The Bertz CT molecular complexity index is 1290. The number of fused-ring (bicyclic) bond motifs is 1. The van der Waals surface area contributed by atoms with Crippen molar-refractivity contribution in [3.8, 4) is 0 Å². The molecule has 1 amide bonds. The average molecular weight is 535 g/mol. The SMILES string of the molecule is CO[C@]1(c2ccc(Cl)cc2)c2ccc(C(C)(O)CN3CCCNCC3)cc2C(=O)N1Cc1ccc(C)cn1. The second kappa shape index (κ2) is 10.8. The average Bonchev–Trinajstić information content (AvgIpc) is 3.04. The van der Waals surface area contributed by atoms with Gasteiger partial charge < -0.3 is 15.2 Å². The van der Waals surface area contributed by atoms with Crippen LogP contribution < -0.4 is 5.32 Å². The standard InChI is InChI=1S/C30H35ClN4O3/c1-21-5-11-25(33-18-21)19-35-28(36)26-17-23(29(2,37)20-34-15-4-13-32-14-16-34)8-12-27(26)30(35,38-3)22-6-9-24(31)10-7-22/h5-12,17-18,32,37H,4,13-16,19-20H2,1-3H3/t29?,30-/m1/s1. The van der Waals surface area contributed by atoms with Crippen LogP contribution in [-0.4, -0.2) is 65.6 Å². The number of aliphatic hydroxyl groups is 1. The summed E-state index contributed by atoms with van der Waals surface area (Å²) in [7, 11) is 1.62. The van der Waals surface area contributed by atoms with Gasteiger partial charge in [0.15, 0.2) is 5.72 Å². The predicted molar refractivity (Wildman–Crippen MR) is 148 cm³/mol. The first-order valence-electron chi connectivity index (χ1n) is 13.1. The van der Waals surface area contributed by atoms with Gasteiger partial charge in [-0.15, -0.1) is 0 Å². The van der Waals surface area contributed by atoms with Crippen molar-refractivity contribution in [1.82, 2.24) is 20.1 Å². The van der Waals surface area contributed by atoms with E-state index in [2.05, 4.69) is 15.2 Å². The van der Waals surface area contributed by atoms with Gasteiger partial charge >= 0.3 is 0 Å². The maximum absolute atomic E-state index is 14.1. The smallest absolute Gasteiger partial charge is 0.257 e. The molecule has 0 bridgehead atoms. The first-order chi connectivity index (χ1) is 18.2. The third-order valence-corrected chi connectivity index (χ3v) is 7.90. The number of rotatable bonds is 7. The number of halogens is 1. The zero-order valence-corrected chi connectivity index (χ0v) is 23.0. The number of amides is 1. The van der Waals surface area contributed by atoms with Gasteiger partial charge in [0.25, 0.3) is 5.91 Å². The van der Waals surface area contributed by atoms with Gasteiger partial charge in [0, 0.05) is 54.7 Å². The molecule has 3 aromatic rings. The van der Waals surface area contributed by atoms with Gasteiger partial charge in [0.05, 0.1) is 17.8 Å².